The maximum absolute atomic E-state index is 8.80. The molecule has 1 aromatic heterocycles. The third-order valence-corrected chi connectivity index (χ3v) is 2.03. The monoisotopic (exact) mass is 198 g/mol. The van der Waals surface area contributed by atoms with Gasteiger partial charge in [0.25, 0.3) is 0 Å². The lowest BCUT2D eigenvalue weighted by molar-refractivity contribution is 0.232. The lowest BCUT2D eigenvalue weighted by Crippen LogP contribution is -2.22. The van der Waals surface area contributed by atoms with Gasteiger partial charge in [-0.15, -0.1) is 0 Å². The van der Waals surface area contributed by atoms with Crippen molar-refractivity contribution in [2.45, 2.75) is 26.8 Å². The van der Waals surface area contributed by atoms with Crippen molar-refractivity contribution in [3.8, 4) is 0 Å². The minimum absolute atomic E-state index is 0.207. The molecule has 4 heteroatoms. The highest BCUT2D eigenvalue weighted by atomic mass is 16.4. The predicted octanol–water partition coefficient (Wildman–Crippen LogP) is 0.955. The van der Waals surface area contributed by atoms with E-state index in [0.29, 0.717) is 12.4 Å². The fourth-order valence-corrected chi connectivity index (χ4v) is 1.08. The molecule has 1 aromatic rings. The minimum atomic E-state index is 0.207. The standard InChI is InChI=1S/C10H18N2O2/c1-3-9-5-12-10(14-9)6-11-4-8(2)7-13/h5,8,11,13H,3-4,6-7H2,1-2H3. The largest absolute Gasteiger partial charge is 0.444 e. The van der Waals surface area contributed by atoms with Crippen LogP contribution in [0.4, 0.5) is 0 Å². The molecule has 0 saturated heterocycles. The van der Waals surface area contributed by atoms with E-state index in [1.165, 1.54) is 0 Å². The summed E-state index contributed by atoms with van der Waals surface area (Å²) < 4.78 is 5.41. The third-order valence-electron chi connectivity index (χ3n) is 2.03. The Labute approximate surface area is 84.3 Å². The molecule has 14 heavy (non-hydrogen) atoms. The van der Waals surface area contributed by atoms with E-state index in [4.69, 9.17) is 9.52 Å². The highest BCUT2D eigenvalue weighted by Crippen LogP contribution is 2.03. The molecule has 1 rings (SSSR count). The topological polar surface area (TPSA) is 58.3 Å². The van der Waals surface area contributed by atoms with Gasteiger partial charge < -0.3 is 14.8 Å². The van der Waals surface area contributed by atoms with Crippen LogP contribution in [0.5, 0.6) is 0 Å². The number of rotatable bonds is 6. The molecule has 0 bridgehead atoms. The van der Waals surface area contributed by atoms with Gasteiger partial charge >= 0.3 is 0 Å². The van der Waals surface area contributed by atoms with Crippen molar-refractivity contribution in [3.63, 3.8) is 0 Å². The number of nitrogens with zero attached hydrogens (tertiary/aromatic N) is 1. The minimum Gasteiger partial charge on any atom is -0.444 e. The van der Waals surface area contributed by atoms with Crippen molar-refractivity contribution in [2.75, 3.05) is 13.2 Å². The normalized spacial score (nSPS) is 13.1. The summed E-state index contributed by atoms with van der Waals surface area (Å²) in [5.41, 5.74) is 0. The molecule has 1 heterocycles. The smallest absolute Gasteiger partial charge is 0.208 e. The highest BCUT2D eigenvalue weighted by Gasteiger charge is 2.03. The van der Waals surface area contributed by atoms with Crippen LogP contribution in [0.1, 0.15) is 25.5 Å². The molecule has 0 amide bonds. The molecule has 4 nitrogen and oxygen atoms in total. The molecule has 80 valence electrons. The molecule has 1 unspecified atom stereocenters. The first-order valence-corrected chi connectivity index (χ1v) is 5.01. The Morgan fingerprint density at radius 2 is 2.43 bits per heavy atom. The van der Waals surface area contributed by atoms with Gasteiger partial charge in [-0.1, -0.05) is 13.8 Å². The molecular formula is C10H18N2O2. The molecule has 0 aromatic carbocycles. The van der Waals surface area contributed by atoms with Crippen LogP contribution in [0.3, 0.4) is 0 Å². The van der Waals surface area contributed by atoms with Crippen LogP contribution in [-0.2, 0) is 13.0 Å². The average Bonchev–Trinajstić information content (AvgIpc) is 2.65. The van der Waals surface area contributed by atoms with Crippen LogP contribution >= 0.6 is 0 Å². The zero-order valence-electron chi connectivity index (χ0n) is 8.79. The Hall–Kier alpha value is -0.870. The van der Waals surface area contributed by atoms with Crippen molar-refractivity contribution in [1.29, 1.82) is 0 Å². The Kier molecular flexibility index (Phi) is 4.62. The third kappa shape index (κ3) is 3.47. The predicted molar refractivity (Wildman–Crippen MR) is 53.8 cm³/mol. The summed E-state index contributed by atoms with van der Waals surface area (Å²) in [6, 6.07) is 0. The fourth-order valence-electron chi connectivity index (χ4n) is 1.08. The van der Waals surface area contributed by atoms with Crippen LogP contribution in [0.2, 0.25) is 0 Å². The van der Waals surface area contributed by atoms with E-state index < -0.39 is 0 Å². The number of aliphatic hydroxyl groups is 1. The summed E-state index contributed by atoms with van der Waals surface area (Å²) in [5.74, 6) is 1.90. The number of hydrogen-bond acceptors (Lipinski definition) is 4. The molecule has 0 aliphatic heterocycles. The van der Waals surface area contributed by atoms with Gasteiger partial charge in [0, 0.05) is 19.6 Å². The Balaban J connectivity index is 2.24. The summed E-state index contributed by atoms with van der Waals surface area (Å²) in [7, 11) is 0. The Morgan fingerprint density at radius 3 is 3.00 bits per heavy atom. The zero-order chi connectivity index (χ0) is 10.4. The van der Waals surface area contributed by atoms with E-state index in [-0.39, 0.29) is 12.5 Å². The quantitative estimate of drug-likeness (QED) is 0.714. The van der Waals surface area contributed by atoms with Gasteiger partial charge in [-0.05, 0) is 5.92 Å². The van der Waals surface area contributed by atoms with Crippen LogP contribution < -0.4 is 5.32 Å². The highest BCUT2D eigenvalue weighted by molar-refractivity contribution is 4.93. The van der Waals surface area contributed by atoms with E-state index in [2.05, 4.69) is 10.3 Å². The van der Waals surface area contributed by atoms with Gasteiger partial charge in [0.05, 0.1) is 12.7 Å². The molecule has 1 atom stereocenters. The second-order valence-electron chi connectivity index (χ2n) is 3.49. The molecule has 0 fully saturated rings. The van der Waals surface area contributed by atoms with Crippen molar-refractivity contribution < 1.29 is 9.52 Å². The number of aliphatic hydroxyl groups excluding tert-OH is 1. The fraction of sp³-hybridized carbons (Fsp3) is 0.700. The summed E-state index contributed by atoms with van der Waals surface area (Å²) in [5, 5.41) is 12.0. The van der Waals surface area contributed by atoms with Crippen LogP contribution in [0.15, 0.2) is 10.6 Å². The van der Waals surface area contributed by atoms with E-state index >= 15 is 0 Å². The van der Waals surface area contributed by atoms with Crippen molar-refractivity contribution in [1.82, 2.24) is 10.3 Å². The van der Waals surface area contributed by atoms with E-state index in [1.54, 1.807) is 6.20 Å². The molecule has 0 aliphatic rings. The van der Waals surface area contributed by atoms with Gasteiger partial charge in [0.1, 0.15) is 5.76 Å². The molecule has 0 aliphatic carbocycles. The number of oxazole rings is 1. The van der Waals surface area contributed by atoms with Crippen LogP contribution in [0, 0.1) is 5.92 Å². The van der Waals surface area contributed by atoms with Crippen LogP contribution in [-0.4, -0.2) is 23.2 Å². The zero-order valence-corrected chi connectivity index (χ0v) is 8.79. The van der Waals surface area contributed by atoms with Gasteiger partial charge in [-0.2, -0.15) is 0 Å². The number of nitrogens with one attached hydrogen (secondary N) is 1. The van der Waals surface area contributed by atoms with E-state index in [0.717, 1.165) is 18.7 Å². The van der Waals surface area contributed by atoms with Crippen molar-refractivity contribution >= 4 is 0 Å². The van der Waals surface area contributed by atoms with Gasteiger partial charge in [0.15, 0.2) is 0 Å². The van der Waals surface area contributed by atoms with Crippen LogP contribution in [0.25, 0.3) is 0 Å². The Morgan fingerprint density at radius 1 is 1.64 bits per heavy atom. The van der Waals surface area contributed by atoms with Gasteiger partial charge in [-0.25, -0.2) is 4.98 Å². The lowest BCUT2D eigenvalue weighted by Gasteiger charge is -2.07. The average molecular weight is 198 g/mol. The van der Waals surface area contributed by atoms with Crippen molar-refractivity contribution in [3.05, 3.63) is 17.8 Å². The summed E-state index contributed by atoms with van der Waals surface area (Å²) in [4.78, 5) is 4.12. The molecule has 0 saturated carbocycles. The second kappa shape index (κ2) is 5.78. The SMILES string of the molecule is CCc1cnc(CNCC(C)CO)o1. The van der Waals surface area contributed by atoms with Gasteiger partial charge in [-0.3, -0.25) is 0 Å². The first-order valence-electron chi connectivity index (χ1n) is 5.01. The molecular weight excluding hydrogens is 180 g/mol. The number of hydrogen-bond donors (Lipinski definition) is 2. The summed E-state index contributed by atoms with van der Waals surface area (Å²) >= 11 is 0. The van der Waals surface area contributed by atoms with Gasteiger partial charge in [0.2, 0.25) is 5.89 Å². The Bertz CT molecular complexity index is 260. The summed E-state index contributed by atoms with van der Waals surface area (Å²) in [6.07, 6.45) is 2.63. The number of aryl methyl sites for hydroxylation is 1. The second-order valence-corrected chi connectivity index (χ2v) is 3.49. The van der Waals surface area contributed by atoms with Crippen molar-refractivity contribution in [2.24, 2.45) is 5.92 Å². The maximum Gasteiger partial charge on any atom is 0.208 e. The summed E-state index contributed by atoms with van der Waals surface area (Å²) in [6.45, 7) is 5.63. The first kappa shape index (κ1) is 11.2. The van der Waals surface area contributed by atoms with E-state index in [9.17, 15) is 0 Å². The molecule has 0 radical (unpaired) electrons. The molecule has 0 spiro atoms. The lowest BCUT2D eigenvalue weighted by atomic mass is 10.2. The first-order chi connectivity index (χ1) is 6.76. The maximum atomic E-state index is 8.80. The number of aromatic nitrogens is 1. The van der Waals surface area contributed by atoms with E-state index in [1.807, 2.05) is 13.8 Å². The molecule has 2 N–H and O–H groups in total.